The fourth-order valence-corrected chi connectivity index (χ4v) is 2.44. The number of benzene rings is 1. The van der Waals surface area contributed by atoms with Gasteiger partial charge >= 0.3 is 24.1 Å². The zero-order valence-electron chi connectivity index (χ0n) is 16.2. The van der Waals surface area contributed by atoms with Crippen LogP contribution in [-0.2, 0) is 39.6 Å². The molecule has 3 atom stereocenters. The van der Waals surface area contributed by atoms with E-state index in [0.29, 0.717) is 12.1 Å². The third kappa shape index (κ3) is 6.44. The van der Waals surface area contributed by atoms with Crippen LogP contribution in [0.1, 0.15) is 23.7 Å². The third-order valence-electron chi connectivity index (χ3n) is 4.08. The van der Waals surface area contributed by atoms with E-state index in [-0.39, 0.29) is 5.56 Å². The Labute approximate surface area is 169 Å². The number of carbonyl (C=O) groups excluding carboxylic acids is 4. The fourth-order valence-electron chi connectivity index (χ4n) is 2.44. The lowest BCUT2D eigenvalue weighted by atomic mass is 9.95. The van der Waals surface area contributed by atoms with Gasteiger partial charge in [0.2, 0.25) is 0 Å². The average Bonchev–Trinajstić information content (AvgIpc) is 2.73. The summed E-state index contributed by atoms with van der Waals surface area (Å²) < 4.78 is 51.4. The molecule has 0 unspecified atom stereocenters. The van der Waals surface area contributed by atoms with Crippen LogP contribution in [0.15, 0.2) is 24.3 Å². The summed E-state index contributed by atoms with van der Waals surface area (Å²) in [5, 5.41) is 12.2. The van der Waals surface area contributed by atoms with E-state index >= 15 is 0 Å². The molecule has 0 aliphatic heterocycles. The van der Waals surface area contributed by atoms with E-state index in [0.717, 1.165) is 33.5 Å². The van der Waals surface area contributed by atoms with Gasteiger partial charge in [0.1, 0.15) is 6.04 Å². The molecule has 0 bridgehead atoms. The number of carbonyl (C=O) groups is 4. The molecule has 0 aromatic heterocycles. The van der Waals surface area contributed by atoms with Crippen LogP contribution in [0.2, 0.25) is 0 Å². The molecule has 0 heterocycles. The lowest BCUT2D eigenvalue weighted by molar-refractivity contribution is -0.159. The topological polar surface area (TPSA) is 128 Å². The largest absolute Gasteiger partial charge is 0.469 e. The van der Waals surface area contributed by atoms with Crippen molar-refractivity contribution in [3.8, 4) is 0 Å². The van der Waals surface area contributed by atoms with Crippen molar-refractivity contribution in [2.45, 2.75) is 24.7 Å². The molecule has 0 radical (unpaired) electrons. The summed E-state index contributed by atoms with van der Waals surface area (Å²) in [6, 6.07) is 1.35. The number of rotatable bonds is 8. The summed E-state index contributed by atoms with van der Waals surface area (Å²) in [6.45, 7) is 0. The molecule has 12 heteroatoms. The summed E-state index contributed by atoms with van der Waals surface area (Å²) in [6.07, 6.45) is -7.24. The van der Waals surface area contributed by atoms with Crippen molar-refractivity contribution in [3.63, 3.8) is 0 Å². The molecule has 166 valence electrons. The van der Waals surface area contributed by atoms with E-state index < -0.39 is 60.0 Å². The van der Waals surface area contributed by atoms with Gasteiger partial charge in [-0.05, 0) is 17.7 Å². The Morgan fingerprint density at radius 3 is 1.93 bits per heavy atom. The van der Waals surface area contributed by atoms with Crippen molar-refractivity contribution in [3.05, 3.63) is 35.4 Å². The Balaban J connectivity index is 3.10. The number of methoxy groups -OCH3 is 3. The number of nitrogens with one attached hydrogen (secondary N) is 1. The van der Waals surface area contributed by atoms with Gasteiger partial charge in [0.05, 0.1) is 39.2 Å². The molecular formula is C18H20F3NO8. The quantitative estimate of drug-likeness (QED) is 0.452. The SMILES string of the molecule is COC(=O)C[C@H](C(=O)OC)[C@@H](NC(=O)[C@@H](O)c1ccc(C(F)(F)F)cc1)C(=O)OC. The van der Waals surface area contributed by atoms with Crippen molar-refractivity contribution in [2.75, 3.05) is 21.3 Å². The minimum atomic E-state index is -4.61. The lowest BCUT2D eigenvalue weighted by Crippen LogP contribution is -2.51. The normalized spacial score (nSPS) is 14.1. The van der Waals surface area contributed by atoms with E-state index in [1.165, 1.54) is 0 Å². The molecule has 1 rings (SSSR count). The van der Waals surface area contributed by atoms with E-state index in [9.17, 15) is 37.5 Å². The second-order valence-corrected chi connectivity index (χ2v) is 5.94. The van der Waals surface area contributed by atoms with Crippen molar-refractivity contribution in [1.29, 1.82) is 0 Å². The minimum absolute atomic E-state index is 0.202. The molecule has 0 saturated heterocycles. The van der Waals surface area contributed by atoms with Gasteiger partial charge in [0.25, 0.3) is 5.91 Å². The Kier molecular flexibility index (Phi) is 8.77. The molecule has 0 saturated carbocycles. The standard InChI is InChI=1S/C18H20F3NO8/c1-28-12(23)8-11(16(26)29-2)13(17(27)30-3)22-15(25)14(24)9-4-6-10(7-5-9)18(19,20)21/h4-7,11,13-14,24H,8H2,1-3H3,(H,22,25)/t11-,13+,14-/m0/s1. The smallest absolute Gasteiger partial charge is 0.416 e. The zero-order valence-corrected chi connectivity index (χ0v) is 16.2. The number of aliphatic hydroxyl groups is 1. The number of hydrogen-bond acceptors (Lipinski definition) is 8. The first kappa shape index (κ1) is 24.9. The summed E-state index contributed by atoms with van der Waals surface area (Å²) in [4.78, 5) is 48.1. The van der Waals surface area contributed by atoms with Crippen LogP contribution in [0.5, 0.6) is 0 Å². The van der Waals surface area contributed by atoms with Gasteiger partial charge in [-0.2, -0.15) is 13.2 Å². The molecule has 0 aliphatic carbocycles. The van der Waals surface area contributed by atoms with Gasteiger partial charge in [-0.3, -0.25) is 14.4 Å². The Morgan fingerprint density at radius 1 is 0.967 bits per heavy atom. The van der Waals surface area contributed by atoms with Crippen LogP contribution in [0, 0.1) is 5.92 Å². The first-order valence-electron chi connectivity index (χ1n) is 8.34. The maximum absolute atomic E-state index is 12.6. The number of aliphatic hydroxyl groups excluding tert-OH is 1. The number of hydrogen-bond donors (Lipinski definition) is 2. The van der Waals surface area contributed by atoms with Crippen LogP contribution < -0.4 is 5.32 Å². The highest BCUT2D eigenvalue weighted by Crippen LogP contribution is 2.30. The highest BCUT2D eigenvalue weighted by Gasteiger charge is 2.39. The number of amides is 1. The number of ether oxygens (including phenoxy) is 3. The van der Waals surface area contributed by atoms with E-state index in [1.54, 1.807) is 0 Å². The molecule has 30 heavy (non-hydrogen) atoms. The van der Waals surface area contributed by atoms with Crippen molar-refractivity contribution in [2.24, 2.45) is 5.92 Å². The highest BCUT2D eigenvalue weighted by atomic mass is 19.4. The van der Waals surface area contributed by atoms with Crippen molar-refractivity contribution < 1.29 is 51.7 Å². The first-order chi connectivity index (χ1) is 14.0. The third-order valence-corrected chi connectivity index (χ3v) is 4.08. The predicted molar refractivity (Wildman–Crippen MR) is 92.5 cm³/mol. The molecule has 2 N–H and O–H groups in total. The van der Waals surface area contributed by atoms with Gasteiger partial charge in [-0.25, -0.2) is 4.79 Å². The lowest BCUT2D eigenvalue weighted by Gasteiger charge is -2.24. The summed E-state index contributed by atoms with van der Waals surface area (Å²) in [5.74, 6) is -5.82. The minimum Gasteiger partial charge on any atom is -0.469 e. The molecule has 9 nitrogen and oxygen atoms in total. The maximum Gasteiger partial charge on any atom is 0.416 e. The Bertz CT molecular complexity index is 779. The van der Waals surface area contributed by atoms with Crippen molar-refractivity contribution >= 4 is 23.8 Å². The fraction of sp³-hybridized carbons (Fsp3) is 0.444. The monoisotopic (exact) mass is 435 g/mol. The molecular weight excluding hydrogens is 415 g/mol. The van der Waals surface area contributed by atoms with Crippen LogP contribution >= 0.6 is 0 Å². The van der Waals surface area contributed by atoms with E-state index in [2.05, 4.69) is 19.5 Å². The summed E-state index contributed by atoms with van der Waals surface area (Å²) >= 11 is 0. The van der Waals surface area contributed by atoms with Crippen LogP contribution in [-0.4, -0.2) is 56.3 Å². The number of halogens is 3. The van der Waals surface area contributed by atoms with Gasteiger partial charge in [-0.15, -0.1) is 0 Å². The second-order valence-electron chi connectivity index (χ2n) is 5.94. The van der Waals surface area contributed by atoms with Crippen LogP contribution in [0.4, 0.5) is 13.2 Å². The highest BCUT2D eigenvalue weighted by molar-refractivity contribution is 5.92. The maximum atomic E-state index is 12.6. The van der Waals surface area contributed by atoms with Gasteiger partial charge in [-0.1, -0.05) is 12.1 Å². The molecule has 0 aliphatic rings. The number of esters is 3. The van der Waals surface area contributed by atoms with Crippen molar-refractivity contribution in [1.82, 2.24) is 5.32 Å². The molecule has 1 aromatic rings. The summed E-state index contributed by atoms with van der Waals surface area (Å²) in [5.41, 5.74) is -1.19. The van der Waals surface area contributed by atoms with Gasteiger partial charge in [0, 0.05) is 0 Å². The average molecular weight is 435 g/mol. The molecule has 0 fully saturated rings. The molecule has 1 aromatic carbocycles. The van der Waals surface area contributed by atoms with Gasteiger partial charge in [0.15, 0.2) is 6.10 Å². The van der Waals surface area contributed by atoms with Crippen LogP contribution in [0.25, 0.3) is 0 Å². The van der Waals surface area contributed by atoms with Gasteiger partial charge < -0.3 is 24.6 Å². The molecule has 1 amide bonds. The van der Waals surface area contributed by atoms with E-state index in [4.69, 9.17) is 0 Å². The molecule has 0 spiro atoms. The Hall–Kier alpha value is -3.15. The second kappa shape index (κ2) is 10.6. The predicted octanol–water partition coefficient (Wildman–Crippen LogP) is 0.749. The first-order valence-corrected chi connectivity index (χ1v) is 8.34. The summed E-state index contributed by atoms with van der Waals surface area (Å²) in [7, 11) is 2.98. The van der Waals surface area contributed by atoms with E-state index in [1.807, 2.05) is 0 Å². The Morgan fingerprint density at radius 2 is 1.50 bits per heavy atom. The number of alkyl halides is 3. The van der Waals surface area contributed by atoms with Crippen LogP contribution in [0.3, 0.4) is 0 Å². The zero-order chi connectivity index (χ0) is 23.1.